The Labute approximate surface area is 226 Å². The summed E-state index contributed by atoms with van der Waals surface area (Å²) in [6.07, 6.45) is 0. The van der Waals surface area contributed by atoms with Crippen LogP contribution in [0.5, 0.6) is 0 Å². The first kappa shape index (κ1) is 21.8. The van der Waals surface area contributed by atoms with Gasteiger partial charge in [0.1, 0.15) is 0 Å². The summed E-state index contributed by atoms with van der Waals surface area (Å²) in [4.78, 5) is 5.09. The monoisotopic (exact) mass is 503 g/mol. The van der Waals surface area contributed by atoms with Crippen LogP contribution >= 0.6 is 11.3 Å². The molecule has 0 saturated carbocycles. The second-order valence-electron chi connectivity index (χ2n) is 10.8. The number of para-hydroxylation sites is 1. The maximum Gasteiger partial charge on any atom is 0.0902 e. The Morgan fingerprint density at radius 1 is 0.579 bits per heavy atom. The molecule has 0 amide bonds. The molecule has 0 N–H and O–H groups in total. The van der Waals surface area contributed by atoms with E-state index in [9.17, 15) is 0 Å². The van der Waals surface area contributed by atoms with Gasteiger partial charge in [0.2, 0.25) is 0 Å². The first-order chi connectivity index (χ1) is 18.6. The molecular weight excluding hydrogens is 478 g/mol. The number of aromatic nitrogens is 1. The van der Waals surface area contributed by atoms with Crippen molar-refractivity contribution in [2.45, 2.75) is 19.3 Å². The van der Waals surface area contributed by atoms with E-state index in [0.29, 0.717) is 0 Å². The Hall–Kier alpha value is -4.27. The molecule has 1 aliphatic carbocycles. The number of pyridine rings is 1. The molecule has 2 heteroatoms. The lowest BCUT2D eigenvalue weighted by atomic mass is 9.81. The normalized spacial score (nSPS) is 13.7. The van der Waals surface area contributed by atoms with Gasteiger partial charge in [0.05, 0.1) is 15.7 Å². The van der Waals surface area contributed by atoms with E-state index in [1.54, 1.807) is 0 Å². The highest BCUT2D eigenvalue weighted by Gasteiger charge is 2.35. The third-order valence-corrected chi connectivity index (χ3v) is 9.47. The predicted octanol–water partition coefficient (Wildman–Crippen LogP) is 10.2. The lowest BCUT2D eigenvalue weighted by molar-refractivity contribution is 0.660. The van der Waals surface area contributed by atoms with Crippen molar-refractivity contribution in [1.82, 2.24) is 4.98 Å². The van der Waals surface area contributed by atoms with Crippen molar-refractivity contribution >= 4 is 42.5 Å². The minimum absolute atomic E-state index is 0.00458. The minimum atomic E-state index is 0.00458. The predicted molar refractivity (Wildman–Crippen MR) is 163 cm³/mol. The van der Waals surface area contributed by atoms with Crippen LogP contribution in [0.1, 0.15) is 25.0 Å². The van der Waals surface area contributed by atoms with Crippen LogP contribution in [0.4, 0.5) is 0 Å². The Bertz CT molecular complexity index is 2040. The third-order valence-electron chi connectivity index (χ3n) is 8.29. The van der Waals surface area contributed by atoms with Crippen LogP contribution < -0.4 is 0 Å². The Kier molecular flexibility index (Phi) is 4.51. The standard InChI is InChI=1S/C36H25NS/c1-36(2)29-12-6-3-9-25(29)26-20-19-24(21-30(26)36)22-15-17-23(18-16-22)33-27-10-4-7-13-31(27)37-34-28-11-5-8-14-32(28)38-35(33)34/h3-21H,1-2H3. The summed E-state index contributed by atoms with van der Waals surface area (Å²) >= 11 is 1.84. The molecule has 38 heavy (non-hydrogen) atoms. The topological polar surface area (TPSA) is 12.9 Å². The molecule has 0 unspecified atom stereocenters. The van der Waals surface area contributed by atoms with Gasteiger partial charge in [-0.25, -0.2) is 4.98 Å². The molecule has 0 radical (unpaired) electrons. The zero-order chi connectivity index (χ0) is 25.4. The third kappa shape index (κ3) is 3.01. The molecule has 5 aromatic carbocycles. The molecule has 1 aliphatic rings. The maximum absolute atomic E-state index is 5.09. The van der Waals surface area contributed by atoms with E-state index in [-0.39, 0.29) is 5.41 Å². The number of hydrogen-bond donors (Lipinski definition) is 0. The van der Waals surface area contributed by atoms with Gasteiger partial charge in [-0.05, 0) is 57.1 Å². The first-order valence-corrected chi connectivity index (χ1v) is 14.0. The number of fused-ring (bicyclic) bond motifs is 7. The average Bonchev–Trinajstić information content (AvgIpc) is 3.44. The highest BCUT2D eigenvalue weighted by atomic mass is 32.1. The molecule has 0 atom stereocenters. The fourth-order valence-corrected chi connectivity index (χ4v) is 7.56. The first-order valence-electron chi connectivity index (χ1n) is 13.1. The molecule has 180 valence electrons. The van der Waals surface area contributed by atoms with Gasteiger partial charge in [0, 0.05) is 26.5 Å². The van der Waals surface area contributed by atoms with E-state index in [1.807, 2.05) is 11.3 Å². The van der Waals surface area contributed by atoms with Crippen molar-refractivity contribution in [3.63, 3.8) is 0 Å². The van der Waals surface area contributed by atoms with Crippen LogP contribution in [0, 0.1) is 0 Å². The molecular formula is C36H25NS. The van der Waals surface area contributed by atoms with Gasteiger partial charge in [-0.3, -0.25) is 0 Å². The molecule has 0 saturated heterocycles. The number of nitrogens with zero attached hydrogens (tertiary/aromatic N) is 1. The second kappa shape index (κ2) is 7.86. The number of hydrogen-bond acceptors (Lipinski definition) is 2. The lowest BCUT2D eigenvalue weighted by Crippen LogP contribution is -2.14. The van der Waals surface area contributed by atoms with Crippen LogP contribution in [0.25, 0.3) is 64.6 Å². The van der Waals surface area contributed by atoms with E-state index in [0.717, 1.165) is 11.0 Å². The summed E-state index contributed by atoms with van der Waals surface area (Å²) in [5, 5.41) is 2.44. The average molecular weight is 504 g/mol. The summed E-state index contributed by atoms with van der Waals surface area (Å²) in [7, 11) is 0. The summed E-state index contributed by atoms with van der Waals surface area (Å²) in [5.41, 5.74) is 12.7. The van der Waals surface area contributed by atoms with E-state index in [1.165, 1.54) is 64.7 Å². The van der Waals surface area contributed by atoms with Crippen molar-refractivity contribution < 1.29 is 0 Å². The fourth-order valence-electron chi connectivity index (χ4n) is 6.34. The van der Waals surface area contributed by atoms with Crippen LogP contribution in [0.2, 0.25) is 0 Å². The highest BCUT2D eigenvalue weighted by molar-refractivity contribution is 7.26. The zero-order valence-corrected chi connectivity index (χ0v) is 22.1. The van der Waals surface area contributed by atoms with Crippen molar-refractivity contribution in [1.29, 1.82) is 0 Å². The van der Waals surface area contributed by atoms with Crippen molar-refractivity contribution in [3.8, 4) is 33.4 Å². The van der Waals surface area contributed by atoms with Crippen molar-refractivity contribution in [2.24, 2.45) is 0 Å². The van der Waals surface area contributed by atoms with Gasteiger partial charge in [-0.15, -0.1) is 11.3 Å². The quantitative estimate of drug-likeness (QED) is 0.229. The van der Waals surface area contributed by atoms with Crippen molar-refractivity contribution in [2.75, 3.05) is 0 Å². The highest BCUT2D eigenvalue weighted by Crippen LogP contribution is 2.49. The van der Waals surface area contributed by atoms with E-state index >= 15 is 0 Å². The van der Waals surface area contributed by atoms with E-state index < -0.39 is 0 Å². The van der Waals surface area contributed by atoms with Gasteiger partial charge in [-0.2, -0.15) is 0 Å². The molecule has 1 nitrogen and oxygen atoms in total. The minimum Gasteiger partial charge on any atom is -0.246 e. The summed E-state index contributed by atoms with van der Waals surface area (Å²) in [6.45, 7) is 4.69. The summed E-state index contributed by atoms with van der Waals surface area (Å²) in [6, 6.07) is 42.1. The fraction of sp³-hybridized carbons (Fsp3) is 0.0833. The van der Waals surface area contributed by atoms with Crippen LogP contribution in [-0.2, 0) is 5.41 Å². The summed E-state index contributed by atoms with van der Waals surface area (Å²) < 4.78 is 2.54. The molecule has 2 aromatic heterocycles. The molecule has 0 bridgehead atoms. The maximum atomic E-state index is 5.09. The van der Waals surface area contributed by atoms with E-state index in [2.05, 4.69) is 129 Å². The summed E-state index contributed by atoms with van der Waals surface area (Å²) in [5.74, 6) is 0. The molecule has 7 aromatic rings. The molecule has 2 heterocycles. The zero-order valence-electron chi connectivity index (χ0n) is 21.3. The van der Waals surface area contributed by atoms with Crippen LogP contribution in [-0.4, -0.2) is 4.98 Å². The number of thiophene rings is 1. The molecule has 0 spiro atoms. The van der Waals surface area contributed by atoms with Gasteiger partial charge in [0.15, 0.2) is 0 Å². The van der Waals surface area contributed by atoms with Crippen LogP contribution in [0.3, 0.4) is 0 Å². The van der Waals surface area contributed by atoms with Gasteiger partial charge >= 0.3 is 0 Å². The Balaban J connectivity index is 1.28. The lowest BCUT2D eigenvalue weighted by Gasteiger charge is -2.22. The van der Waals surface area contributed by atoms with E-state index in [4.69, 9.17) is 4.98 Å². The van der Waals surface area contributed by atoms with Crippen molar-refractivity contribution in [3.05, 3.63) is 126 Å². The second-order valence-corrected chi connectivity index (χ2v) is 11.8. The van der Waals surface area contributed by atoms with Gasteiger partial charge in [0.25, 0.3) is 0 Å². The molecule has 0 aliphatic heterocycles. The molecule has 0 fully saturated rings. The molecule has 8 rings (SSSR count). The Morgan fingerprint density at radius 3 is 2.11 bits per heavy atom. The smallest absolute Gasteiger partial charge is 0.0902 e. The van der Waals surface area contributed by atoms with Crippen LogP contribution in [0.15, 0.2) is 115 Å². The van der Waals surface area contributed by atoms with Gasteiger partial charge < -0.3 is 0 Å². The SMILES string of the molecule is CC1(C)c2ccccc2-c2ccc(-c3ccc(-c4c5ccccc5nc5c4sc4ccccc45)cc3)cc21. The number of rotatable bonds is 2. The van der Waals surface area contributed by atoms with Gasteiger partial charge in [-0.1, -0.05) is 111 Å². The largest absolute Gasteiger partial charge is 0.246 e. The number of benzene rings is 5. The Morgan fingerprint density at radius 2 is 1.24 bits per heavy atom.